The number of carbonyl (C=O) groups is 2. The Bertz CT molecular complexity index is 845. The summed E-state index contributed by atoms with van der Waals surface area (Å²) >= 11 is 0. The summed E-state index contributed by atoms with van der Waals surface area (Å²) in [6.07, 6.45) is 23.3. The third-order valence-corrected chi connectivity index (χ3v) is 6.33. The molecule has 0 saturated heterocycles. The number of carbonyl (C=O) groups excluding carboxylic acids is 2. The summed E-state index contributed by atoms with van der Waals surface area (Å²) in [5.74, 6) is -0.920. The van der Waals surface area contributed by atoms with E-state index in [4.69, 9.17) is 18.5 Å². The van der Waals surface area contributed by atoms with E-state index in [-0.39, 0.29) is 26.1 Å². The molecule has 1 N–H and O–H groups in total. The first-order valence-corrected chi connectivity index (χ1v) is 15.9. The highest BCUT2D eigenvalue weighted by molar-refractivity contribution is 7.47. The molecule has 0 aromatic rings. The second-order valence-corrected chi connectivity index (χ2v) is 11.9. The first-order valence-electron chi connectivity index (χ1n) is 14.4. The van der Waals surface area contributed by atoms with Gasteiger partial charge in [0.1, 0.15) is 19.8 Å². The zero-order valence-electron chi connectivity index (χ0n) is 25.3. The van der Waals surface area contributed by atoms with Crippen molar-refractivity contribution < 1.29 is 42.1 Å². The monoisotopic (exact) mass is 586 g/mol. The summed E-state index contributed by atoms with van der Waals surface area (Å²) in [5, 5.41) is 0. The quantitative estimate of drug-likeness (QED) is 0.0452. The summed E-state index contributed by atoms with van der Waals surface area (Å²) in [5.41, 5.74) is 0. The van der Waals surface area contributed by atoms with Gasteiger partial charge in [-0.25, -0.2) is 4.57 Å². The molecule has 0 amide bonds. The van der Waals surface area contributed by atoms with E-state index in [1.54, 1.807) is 0 Å². The van der Waals surface area contributed by atoms with Crippen LogP contribution in [0.25, 0.3) is 0 Å². The predicted molar refractivity (Wildman–Crippen MR) is 160 cm³/mol. The van der Waals surface area contributed by atoms with Crippen LogP contribution in [0.15, 0.2) is 48.6 Å². The summed E-state index contributed by atoms with van der Waals surface area (Å²) in [6, 6.07) is 0. The van der Waals surface area contributed by atoms with Crippen molar-refractivity contribution in [3.8, 4) is 0 Å². The molecule has 2 atom stereocenters. The lowest BCUT2D eigenvalue weighted by atomic mass is 10.2. The smallest absolute Gasteiger partial charge is 0.462 e. The van der Waals surface area contributed by atoms with Gasteiger partial charge in [-0.2, -0.15) is 0 Å². The number of unbranched alkanes of at least 4 members (excludes halogenated alkanes) is 2. The van der Waals surface area contributed by atoms with E-state index in [0.29, 0.717) is 23.9 Å². The van der Waals surface area contributed by atoms with Crippen LogP contribution in [0, 0.1) is 0 Å². The van der Waals surface area contributed by atoms with E-state index in [1.165, 1.54) is 0 Å². The van der Waals surface area contributed by atoms with Crippen LogP contribution in [-0.4, -0.2) is 74.9 Å². The van der Waals surface area contributed by atoms with Gasteiger partial charge in [-0.05, 0) is 51.4 Å². The SMILES string of the molecule is CC/C=C\C/C=C\C/C=C\C/C=C\CCCCC(=O)OC(COC(=O)CCC)COP(=O)(O)OCC[N+](C)(C)C. The molecule has 230 valence electrons. The van der Waals surface area contributed by atoms with Crippen LogP contribution in [0.4, 0.5) is 0 Å². The zero-order valence-corrected chi connectivity index (χ0v) is 26.2. The van der Waals surface area contributed by atoms with Gasteiger partial charge < -0.3 is 18.9 Å². The van der Waals surface area contributed by atoms with Crippen LogP contribution in [-0.2, 0) is 32.7 Å². The third-order valence-electron chi connectivity index (χ3n) is 5.34. The lowest BCUT2D eigenvalue weighted by Gasteiger charge is -2.24. The number of quaternary nitrogens is 1. The number of likely N-dealkylation sites (N-methyl/N-ethyl adjacent to an activating group) is 1. The molecule has 9 nitrogen and oxygen atoms in total. The van der Waals surface area contributed by atoms with Crippen molar-refractivity contribution >= 4 is 19.8 Å². The van der Waals surface area contributed by atoms with Crippen molar-refractivity contribution in [3.05, 3.63) is 48.6 Å². The average molecular weight is 587 g/mol. The molecule has 0 heterocycles. The van der Waals surface area contributed by atoms with Crippen LogP contribution < -0.4 is 0 Å². The molecule has 0 fully saturated rings. The summed E-state index contributed by atoms with van der Waals surface area (Å²) in [4.78, 5) is 34.0. The molecule has 0 aromatic carbocycles. The number of hydrogen-bond acceptors (Lipinski definition) is 7. The Hall–Kier alpha value is -2.03. The highest BCUT2D eigenvalue weighted by Gasteiger charge is 2.26. The minimum absolute atomic E-state index is 0.0203. The lowest BCUT2D eigenvalue weighted by Crippen LogP contribution is -2.37. The Morgan fingerprint density at radius 1 is 0.800 bits per heavy atom. The molecule has 0 aliphatic rings. The average Bonchev–Trinajstić information content (AvgIpc) is 2.87. The second kappa shape index (κ2) is 23.7. The highest BCUT2D eigenvalue weighted by Crippen LogP contribution is 2.43. The van der Waals surface area contributed by atoms with Gasteiger partial charge >= 0.3 is 19.8 Å². The fourth-order valence-corrected chi connectivity index (χ4v) is 3.84. The number of ether oxygens (including phenoxy) is 2. The van der Waals surface area contributed by atoms with Crippen molar-refractivity contribution in [2.75, 3.05) is 47.5 Å². The van der Waals surface area contributed by atoms with E-state index in [9.17, 15) is 19.0 Å². The zero-order chi connectivity index (χ0) is 30.1. The maximum Gasteiger partial charge on any atom is 0.472 e. The molecule has 0 spiro atoms. The minimum atomic E-state index is -4.35. The Morgan fingerprint density at radius 2 is 1.40 bits per heavy atom. The van der Waals surface area contributed by atoms with Crippen molar-refractivity contribution in [2.24, 2.45) is 0 Å². The maximum absolute atomic E-state index is 12.3. The van der Waals surface area contributed by atoms with Crippen molar-refractivity contribution in [1.82, 2.24) is 0 Å². The molecule has 40 heavy (non-hydrogen) atoms. The van der Waals surface area contributed by atoms with E-state index >= 15 is 0 Å². The van der Waals surface area contributed by atoms with Gasteiger partial charge in [-0.1, -0.05) is 62.5 Å². The molecule has 0 rings (SSSR count). The van der Waals surface area contributed by atoms with Crippen LogP contribution in [0.1, 0.15) is 78.1 Å². The van der Waals surface area contributed by atoms with Crippen LogP contribution >= 0.6 is 7.82 Å². The van der Waals surface area contributed by atoms with E-state index in [2.05, 4.69) is 55.5 Å². The van der Waals surface area contributed by atoms with Crippen LogP contribution in [0.2, 0.25) is 0 Å². The molecule has 10 heteroatoms. The summed E-state index contributed by atoms with van der Waals surface area (Å²) in [6.45, 7) is 3.81. The first-order chi connectivity index (χ1) is 19.0. The molecular formula is C30H53NO8P+. The number of allylic oxidation sites excluding steroid dienone is 8. The largest absolute Gasteiger partial charge is 0.472 e. The molecule has 0 bridgehead atoms. The number of hydrogen-bond donors (Lipinski definition) is 1. The second-order valence-electron chi connectivity index (χ2n) is 10.4. The van der Waals surface area contributed by atoms with Crippen LogP contribution in [0.5, 0.6) is 0 Å². The Balaban J connectivity index is 4.39. The molecule has 0 aromatic heterocycles. The highest BCUT2D eigenvalue weighted by atomic mass is 31.2. The minimum Gasteiger partial charge on any atom is -0.462 e. The first kappa shape index (κ1) is 38.0. The molecule has 0 aliphatic carbocycles. The molecule has 2 unspecified atom stereocenters. The molecule has 0 radical (unpaired) electrons. The standard InChI is InChI=1S/C30H52NO8P/c1-6-8-9-10-11-12-13-14-15-16-17-18-19-20-21-23-30(33)39-28(26-36-29(32)22-7-2)27-38-40(34,35)37-25-24-31(3,4)5/h8-9,11-12,14-15,17-18,28H,6-7,10,13,16,19-27H2,1-5H3/p+1/b9-8-,12-11-,15-14-,18-17-. The lowest BCUT2D eigenvalue weighted by molar-refractivity contribution is -0.870. The number of rotatable bonds is 24. The van der Waals surface area contributed by atoms with E-state index < -0.39 is 32.5 Å². The van der Waals surface area contributed by atoms with Crippen molar-refractivity contribution in [2.45, 2.75) is 84.2 Å². The normalized spacial score (nSPS) is 14.8. The van der Waals surface area contributed by atoms with Gasteiger partial charge in [0.05, 0.1) is 27.7 Å². The van der Waals surface area contributed by atoms with Gasteiger partial charge in [0.15, 0.2) is 6.10 Å². The number of esters is 2. The van der Waals surface area contributed by atoms with E-state index in [1.807, 2.05) is 28.1 Å². The number of phosphoric acid groups is 1. The number of phosphoric ester groups is 1. The van der Waals surface area contributed by atoms with Gasteiger partial charge in [0.25, 0.3) is 0 Å². The van der Waals surface area contributed by atoms with Crippen molar-refractivity contribution in [3.63, 3.8) is 0 Å². The van der Waals surface area contributed by atoms with Crippen LogP contribution in [0.3, 0.4) is 0 Å². The van der Waals surface area contributed by atoms with Gasteiger partial charge in [-0.3, -0.25) is 18.6 Å². The predicted octanol–water partition coefficient (Wildman–Crippen LogP) is 6.45. The Kier molecular flexibility index (Phi) is 22.5. The molecular weight excluding hydrogens is 533 g/mol. The van der Waals surface area contributed by atoms with Crippen molar-refractivity contribution in [1.29, 1.82) is 0 Å². The molecule has 0 aliphatic heterocycles. The fraction of sp³-hybridized carbons (Fsp3) is 0.667. The Morgan fingerprint density at radius 3 is 1.98 bits per heavy atom. The topological polar surface area (TPSA) is 108 Å². The summed E-state index contributed by atoms with van der Waals surface area (Å²) in [7, 11) is 1.43. The van der Waals surface area contributed by atoms with E-state index in [0.717, 1.165) is 38.5 Å². The van der Waals surface area contributed by atoms with Gasteiger partial charge in [0, 0.05) is 12.8 Å². The maximum atomic E-state index is 12.3. The number of nitrogens with zero attached hydrogens (tertiary/aromatic N) is 1. The summed E-state index contributed by atoms with van der Waals surface area (Å²) < 4.78 is 33.3. The Labute approximate surface area is 242 Å². The fourth-order valence-electron chi connectivity index (χ4n) is 3.10. The van der Waals surface area contributed by atoms with Gasteiger partial charge in [-0.15, -0.1) is 0 Å². The third kappa shape index (κ3) is 26.2. The van der Waals surface area contributed by atoms with Gasteiger partial charge in [0.2, 0.25) is 0 Å². The molecule has 0 saturated carbocycles.